The molecule has 0 spiro atoms. The molecule has 1 aromatic rings. The fourth-order valence-corrected chi connectivity index (χ4v) is 3.61. The van der Waals surface area contributed by atoms with E-state index in [-0.39, 0.29) is 0 Å². The predicted molar refractivity (Wildman–Crippen MR) is 92.3 cm³/mol. The van der Waals surface area contributed by atoms with Crippen molar-refractivity contribution in [3.63, 3.8) is 0 Å². The van der Waals surface area contributed by atoms with Crippen LogP contribution in [0.4, 0.5) is 5.69 Å². The molecule has 1 N–H and O–H groups in total. The second kappa shape index (κ2) is 6.51. The van der Waals surface area contributed by atoms with Gasteiger partial charge in [-0.25, -0.2) is 0 Å². The van der Waals surface area contributed by atoms with Crippen LogP contribution >= 0.6 is 15.9 Å². The van der Waals surface area contributed by atoms with Gasteiger partial charge in [0.15, 0.2) is 0 Å². The zero-order chi connectivity index (χ0) is 14.8. The van der Waals surface area contributed by atoms with Crippen LogP contribution < -0.4 is 5.32 Å². The molecule has 0 radical (unpaired) electrons. The van der Waals surface area contributed by atoms with Gasteiger partial charge in [-0.15, -0.1) is 0 Å². The van der Waals surface area contributed by atoms with Crippen molar-refractivity contribution in [2.45, 2.75) is 65.8 Å². The van der Waals surface area contributed by atoms with Crippen molar-refractivity contribution in [3.8, 4) is 0 Å². The Hall–Kier alpha value is -0.500. The van der Waals surface area contributed by atoms with Gasteiger partial charge in [-0.2, -0.15) is 0 Å². The molecular formula is C18H28BrN. The summed E-state index contributed by atoms with van der Waals surface area (Å²) in [6.45, 7) is 9.31. The fraction of sp³-hybridized carbons (Fsp3) is 0.667. The summed E-state index contributed by atoms with van der Waals surface area (Å²) in [6.07, 6.45) is 6.70. The van der Waals surface area contributed by atoms with Crippen LogP contribution in [-0.4, -0.2) is 6.04 Å². The smallest absolute Gasteiger partial charge is 0.0353 e. The Labute approximate surface area is 132 Å². The van der Waals surface area contributed by atoms with Crippen molar-refractivity contribution in [3.05, 3.63) is 28.2 Å². The summed E-state index contributed by atoms with van der Waals surface area (Å²) in [7, 11) is 0. The Kier molecular flexibility index (Phi) is 5.17. The highest BCUT2D eigenvalue weighted by atomic mass is 79.9. The molecule has 0 aliphatic heterocycles. The lowest BCUT2D eigenvalue weighted by molar-refractivity contribution is 0.214. The lowest BCUT2D eigenvalue weighted by Gasteiger charge is -2.29. The standard InChI is InChI=1S/C18H28BrN/c1-13-8-10-16(12-17(13)19)20-15-7-5-6-14(9-11-15)18(2,3)4/h8,10,12,14-15,20H,5-7,9,11H2,1-4H3. The number of anilines is 1. The third-order valence-corrected chi connectivity index (χ3v) is 5.59. The number of nitrogens with one attached hydrogen (secondary N) is 1. The van der Waals surface area contributed by atoms with E-state index in [0.29, 0.717) is 11.5 Å². The lowest BCUT2D eigenvalue weighted by Crippen LogP contribution is -2.21. The quantitative estimate of drug-likeness (QED) is 0.636. The van der Waals surface area contributed by atoms with E-state index in [0.717, 1.165) is 5.92 Å². The molecule has 0 heterocycles. The molecule has 1 aliphatic carbocycles. The van der Waals surface area contributed by atoms with Gasteiger partial charge in [0.05, 0.1) is 0 Å². The molecule has 2 unspecified atom stereocenters. The molecule has 1 fully saturated rings. The van der Waals surface area contributed by atoms with Crippen molar-refractivity contribution in [1.82, 2.24) is 0 Å². The summed E-state index contributed by atoms with van der Waals surface area (Å²) in [5.41, 5.74) is 3.01. The fourth-order valence-electron chi connectivity index (χ4n) is 3.23. The minimum atomic E-state index is 0.460. The Morgan fingerprint density at radius 3 is 2.50 bits per heavy atom. The molecule has 0 amide bonds. The maximum absolute atomic E-state index is 3.73. The van der Waals surface area contributed by atoms with E-state index in [1.54, 1.807) is 0 Å². The van der Waals surface area contributed by atoms with E-state index in [9.17, 15) is 0 Å². The van der Waals surface area contributed by atoms with Crippen LogP contribution in [0.2, 0.25) is 0 Å². The molecule has 2 atom stereocenters. The second-order valence-corrected chi connectivity index (χ2v) is 8.23. The van der Waals surface area contributed by atoms with Gasteiger partial charge in [-0.3, -0.25) is 0 Å². The topological polar surface area (TPSA) is 12.0 Å². The van der Waals surface area contributed by atoms with Gasteiger partial charge in [0.2, 0.25) is 0 Å². The molecule has 20 heavy (non-hydrogen) atoms. The Morgan fingerprint density at radius 1 is 1.10 bits per heavy atom. The Morgan fingerprint density at radius 2 is 1.85 bits per heavy atom. The van der Waals surface area contributed by atoms with Gasteiger partial charge in [-0.1, -0.05) is 49.2 Å². The molecule has 112 valence electrons. The highest BCUT2D eigenvalue weighted by molar-refractivity contribution is 9.10. The number of rotatable bonds is 2. The number of hydrogen-bond donors (Lipinski definition) is 1. The van der Waals surface area contributed by atoms with Gasteiger partial charge in [-0.05, 0) is 61.6 Å². The molecule has 2 heteroatoms. The molecule has 0 aromatic heterocycles. The first-order valence-corrected chi connectivity index (χ1v) is 8.68. The lowest BCUT2D eigenvalue weighted by atomic mass is 9.76. The minimum Gasteiger partial charge on any atom is -0.382 e. The van der Waals surface area contributed by atoms with E-state index in [1.165, 1.54) is 47.8 Å². The molecule has 0 saturated heterocycles. The maximum atomic E-state index is 3.73. The van der Waals surface area contributed by atoms with Gasteiger partial charge in [0.1, 0.15) is 0 Å². The van der Waals surface area contributed by atoms with Gasteiger partial charge in [0, 0.05) is 16.2 Å². The van der Waals surface area contributed by atoms with Crippen LogP contribution in [-0.2, 0) is 0 Å². The normalized spacial score (nSPS) is 24.2. The monoisotopic (exact) mass is 337 g/mol. The first-order valence-electron chi connectivity index (χ1n) is 7.89. The number of aryl methyl sites for hydroxylation is 1. The number of halogens is 1. The highest BCUT2D eigenvalue weighted by Crippen LogP contribution is 2.37. The summed E-state index contributed by atoms with van der Waals surface area (Å²) in [5.74, 6) is 0.874. The maximum Gasteiger partial charge on any atom is 0.0353 e. The third kappa shape index (κ3) is 4.25. The summed E-state index contributed by atoms with van der Waals surface area (Å²) in [6, 6.07) is 7.23. The summed E-state index contributed by atoms with van der Waals surface area (Å²) < 4.78 is 1.20. The van der Waals surface area contributed by atoms with Crippen molar-refractivity contribution >= 4 is 21.6 Å². The zero-order valence-electron chi connectivity index (χ0n) is 13.3. The highest BCUT2D eigenvalue weighted by Gasteiger charge is 2.27. The molecule has 1 aromatic carbocycles. The first kappa shape index (κ1) is 15.9. The number of benzene rings is 1. The molecular weight excluding hydrogens is 310 g/mol. The van der Waals surface area contributed by atoms with Crippen LogP contribution in [0, 0.1) is 18.3 Å². The van der Waals surface area contributed by atoms with Crippen LogP contribution in [0.3, 0.4) is 0 Å². The van der Waals surface area contributed by atoms with Crippen LogP contribution in [0.15, 0.2) is 22.7 Å². The zero-order valence-corrected chi connectivity index (χ0v) is 14.9. The molecule has 1 saturated carbocycles. The summed E-state index contributed by atoms with van der Waals surface area (Å²) in [5, 5.41) is 3.73. The van der Waals surface area contributed by atoms with Crippen molar-refractivity contribution in [2.75, 3.05) is 5.32 Å². The average molecular weight is 338 g/mol. The van der Waals surface area contributed by atoms with Gasteiger partial charge >= 0.3 is 0 Å². The van der Waals surface area contributed by atoms with E-state index < -0.39 is 0 Å². The Bertz CT molecular complexity index is 447. The van der Waals surface area contributed by atoms with E-state index in [1.807, 2.05) is 0 Å². The van der Waals surface area contributed by atoms with E-state index >= 15 is 0 Å². The van der Waals surface area contributed by atoms with Crippen molar-refractivity contribution < 1.29 is 0 Å². The SMILES string of the molecule is Cc1ccc(NC2CCCC(C(C)(C)C)CC2)cc1Br. The summed E-state index contributed by atoms with van der Waals surface area (Å²) >= 11 is 3.62. The van der Waals surface area contributed by atoms with Crippen LogP contribution in [0.1, 0.15) is 58.4 Å². The molecule has 1 nitrogen and oxygen atoms in total. The summed E-state index contributed by atoms with van der Waals surface area (Å²) in [4.78, 5) is 0. The van der Waals surface area contributed by atoms with E-state index in [4.69, 9.17) is 0 Å². The van der Waals surface area contributed by atoms with Crippen molar-refractivity contribution in [2.24, 2.45) is 11.3 Å². The van der Waals surface area contributed by atoms with Gasteiger partial charge in [0.25, 0.3) is 0 Å². The Balaban J connectivity index is 1.95. The van der Waals surface area contributed by atoms with Crippen LogP contribution in [0.5, 0.6) is 0 Å². The minimum absolute atomic E-state index is 0.460. The van der Waals surface area contributed by atoms with Gasteiger partial charge < -0.3 is 5.32 Å². The average Bonchev–Trinajstić information content (AvgIpc) is 2.59. The molecule has 2 rings (SSSR count). The predicted octanol–water partition coefficient (Wildman–Crippen LogP) is 6.16. The number of hydrogen-bond acceptors (Lipinski definition) is 1. The first-order chi connectivity index (χ1) is 9.36. The van der Waals surface area contributed by atoms with Crippen LogP contribution in [0.25, 0.3) is 0 Å². The third-order valence-electron chi connectivity index (χ3n) is 4.74. The molecule has 0 bridgehead atoms. The van der Waals surface area contributed by atoms with Crippen molar-refractivity contribution in [1.29, 1.82) is 0 Å². The van der Waals surface area contributed by atoms with E-state index in [2.05, 4.69) is 67.1 Å². The molecule has 1 aliphatic rings. The largest absolute Gasteiger partial charge is 0.382 e. The second-order valence-electron chi connectivity index (χ2n) is 7.38.